The van der Waals surface area contributed by atoms with Gasteiger partial charge in [0.15, 0.2) is 0 Å². The molecule has 4 heteroatoms. The minimum absolute atomic E-state index is 0.210. The summed E-state index contributed by atoms with van der Waals surface area (Å²) in [4.78, 5) is 11.5. The molecule has 0 radical (unpaired) electrons. The minimum Gasteiger partial charge on any atom is -0.338 e. The van der Waals surface area contributed by atoms with Gasteiger partial charge in [0, 0.05) is 6.54 Å². The van der Waals surface area contributed by atoms with Crippen molar-refractivity contribution >= 4 is 6.03 Å². The zero-order chi connectivity index (χ0) is 12.8. The van der Waals surface area contributed by atoms with Crippen LogP contribution in [0.2, 0.25) is 0 Å². The number of carbonyl (C=O) groups is 1. The third-order valence-electron chi connectivity index (χ3n) is 2.37. The monoisotopic (exact) mass is 238 g/mol. The Morgan fingerprint density at radius 2 is 2.06 bits per heavy atom. The number of carbonyl (C=O) groups excluding carboxylic acids is 1. The number of hydrogen-bond donors (Lipinski definition) is 2. The summed E-state index contributed by atoms with van der Waals surface area (Å²) in [5, 5.41) is 5.52. The van der Waals surface area contributed by atoms with E-state index in [9.17, 15) is 9.18 Å². The number of rotatable bonds is 4. The molecular formula is C13H19FN2O. The van der Waals surface area contributed by atoms with Gasteiger partial charge in [-0.05, 0) is 30.5 Å². The Kier molecular flexibility index (Phi) is 4.94. The summed E-state index contributed by atoms with van der Waals surface area (Å²) in [6, 6.07) is 5.79. The van der Waals surface area contributed by atoms with Gasteiger partial charge in [-0.25, -0.2) is 9.18 Å². The molecule has 0 spiro atoms. The molecule has 0 saturated heterocycles. The van der Waals surface area contributed by atoms with Crippen LogP contribution in [0.25, 0.3) is 0 Å². The highest BCUT2D eigenvalue weighted by Gasteiger charge is 2.09. The van der Waals surface area contributed by atoms with E-state index in [1.165, 1.54) is 12.1 Å². The van der Waals surface area contributed by atoms with E-state index in [1.54, 1.807) is 12.1 Å². The summed E-state index contributed by atoms with van der Waals surface area (Å²) in [6.07, 6.45) is 0. The molecule has 0 bridgehead atoms. The summed E-state index contributed by atoms with van der Waals surface area (Å²) < 4.78 is 13.0. The average molecular weight is 238 g/mol. The maximum atomic E-state index is 13.0. The number of amides is 2. The average Bonchev–Trinajstić information content (AvgIpc) is 2.26. The molecule has 1 unspecified atom stereocenters. The molecule has 0 aliphatic heterocycles. The van der Waals surface area contributed by atoms with Crippen LogP contribution in [0.15, 0.2) is 24.3 Å². The second kappa shape index (κ2) is 6.23. The first-order chi connectivity index (χ1) is 7.99. The molecular weight excluding hydrogens is 219 g/mol. The normalized spacial score (nSPS) is 12.3. The molecule has 1 atom stereocenters. The van der Waals surface area contributed by atoms with Gasteiger partial charge in [-0.15, -0.1) is 0 Å². The lowest BCUT2D eigenvalue weighted by Gasteiger charge is -2.15. The van der Waals surface area contributed by atoms with Crippen LogP contribution < -0.4 is 10.6 Å². The van der Waals surface area contributed by atoms with Gasteiger partial charge in [-0.3, -0.25) is 0 Å². The molecule has 0 fully saturated rings. The molecule has 0 heterocycles. The van der Waals surface area contributed by atoms with E-state index < -0.39 is 0 Å². The van der Waals surface area contributed by atoms with Crippen LogP contribution in [0.3, 0.4) is 0 Å². The van der Waals surface area contributed by atoms with Gasteiger partial charge < -0.3 is 10.6 Å². The van der Waals surface area contributed by atoms with E-state index in [0.717, 1.165) is 5.56 Å². The van der Waals surface area contributed by atoms with Gasteiger partial charge in [0.2, 0.25) is 0 Å². The van der Waals surface area contributed by atoms with Crippen LogP contribution in [-0.4, -0.2) is 12.6 Å². The summed E-state index contributed by atoms with van der Waals surface area (Å²) in [5.41, 5.74) is 0.754. The first kappa shape index (κ1) is 13.5. The van der Waals surface area contributed by atoms with Gasteiger partial charge in [0.05, 0.1) is 6.04 Å². The van der Waals surface area contributed by atoms with Gasteiger partial charge >= 0.3 is 6.03 Å². The van der Waals surface area contributed by atoms with Crippen LogP contribution in [-0.2, 0) is 0 Å². The molecule has 0 aromatic heterocycles. The first-order valence-electron chi connectivity index (χ1n) is 5.79. The van der Waals surface area contributed by atoms with Crippen LogP contribution in [0.1, 0.15) is 32.4 Å². The molecule has 94 valence electrons. The van der Waals surface area contributed by atoms with Crippen molar-refractivity contribution in [1.29, 1.82) is 0 Å². The van der Waals surface area contributed by atoms with E-state index >= 15 is 0 Å². The van der Waals surface area contributed by atoms with Crippen LogP contribution >= 0.6 is 0 Å². The summed E-state index contributed by atoms with van der Waals surface area (Å²) in [7, 11) is 0. The second-order valence-electron chi connectivity index (χ2n) is 4.52. The highest BCUT2D eigenvalue weighted by molar-refractivity contribution is 5.74. The van der Waals surface area contributed by atoms with E-state index in [-0.39, 0.29) is 17.9 Å². The molecule has 17 heavy (non-hydrogen) atoms. The summed E-state index contributed by atoms with van der Waals surface area (Å²) >= 11 is 0. The van der Waals surface area contributed by atoms with Crippen molar-refractivity contribution in [2.75, 3.05) is 6.54 Å². The van der Waals surface area contributed by atoms with Crippen LogP contribution in [0.5, 0.6) is 0 Å². The predicted octanol–water partition coefficient (Wildman–Crippen LogP) is 2.84. The van der Waals surface area contributed by atoms with Crippen molar-refractivity contribution in [2.24, 2.45) is 5.92 Å². The lowest BCUT2D eigenvalue weighted by atomic mass is 10.1. The van der Waals surface area contributed by atoms with E-state index in [0.29, 0.717) is 12.5 Å². The molecule has 0 saturated carbocycles. The largest absolute Gasteiger partial charge is 0.338 e. The van der Waals surface area contributed by atoms with E-state index in [1.807, 2.05) is 20.8 Å². The summed E-state index contributed by atoms with van der Waals surface area (Å²) in [5.74, 6) is 0.115. The highest BCUT2D eigenvalue weighted by Crippen LogP contribution is 2.12. The maximum Gasteiger partial charge on any atom is 0.315 e. The fourth-order valence-electron chi connectivity index (χ4n) is 1.40. The van der Waals surface area contributed by atoms with Crippen molar-refractivity contribution in [2.45, 2.75) is 26.8 Å². The van der Waals surface area contributed by atoms with Crippen LogP contribution in [0, 0.1) is 11.7 Å². The van der Waals surface area contributed by atoms with E-state index in [2.05, 4.69) is 10.6 Å². The Bertz CT molecular complexity index is 379. The number of nitrogens with one attached hydrogen (secondary N) is 2. The van der Waals surface area contributed by atoms with Crippen molar-refractivity contribution < 1.29 is 9.18 Å². The van der Waals surface area contributed by atoms with Crippen LogP contribution in [0.4, 0.5) is 9.18 Å². The molecule has 2 amide bonds. The standard InChI is InChI=1S/C13H19FN2O/c1-9(2)8-15-13(17)16-10(3)11-5-4-6-12(14)7-11/h4-7,9-10H,8H2,1-3H3,(H2,15,16,17). The fourth-order valence-corrected chi connectivity index (χ4v) is 1.40. The number of hydrogen-bond acceptors (Lipinski definition) is 1. The predicted molar refractivity (Wildman–Crippen MR) is 66.2 cm³/mol. The van der Waals surface area contributed by atoms with Crippen molar-refractivity contribution in [3.05, 3.63) is 35.6 Å². The Hall–Kier alpha value is -1.58. The zero-order valence-corrected chi connectivity index (χ0v) is 10.5. The molecule has 1 rings (SSSR count). The third-order valence-corrected chi connectivity index (χ3v) is 2.37. The SMILES string of the molecule is CC(C)CNC(=O)NC(C)c1cccc(F)c1. The topological polar surface area (TPSA) is 41.1 Å². The van der Waals surface area contributed by atoms with E-state index in [4.69, 9.17) is 0 Å². The molecule has 0 aliphatic carbocycles. The van der Waals surface area contributed by atoms with Gasteiger partial charge in [-0.1, -0.05) is 26.0 Å². The first-order valence-corrected chi connectivity index (χ1v) is 5.79. The Labute approximate surface area is 101 Å². The van der Waals surface area contributed by atoms with Crippen molar-refractivity contribution in [3.8, 4) is 0 Å². The molecule has 1 aromatic rings. The lowest BCUT2D eigenvalue weighted by Crippen LogP contribution is -2.38. The fraction of sp³-hybridized carbons (Fsp3) is 0.462. The summed E-state index contributed by atoms with van der Waals surface area (Å²) in [6.45, 7) is 6.50. The Balaban J connectivity index is 2.48. The van der Waals surface area contributed by atoms with Crippen molar-refractivity contribution in [3.63, 3.8) is 0 Å². The second-order valence-corrected chi connectivity index (χ2v) is 4.52. The highest BCUT2D eigenvalue weighted by atomic mass is 19.1. The number of halogens is 1. The lowest BCUT2D eigenvalue weighted by molar-refractivity contribution is 0.236. The van der Waals surface area contributed by atoms with Crippen molar-refractivity contribution in [1.82, 2.24) is 10.6 Å². The molecule has 3 nitrogen and oxygen atoms in total. The Morgan fingerprint density at radius 3 is 2.65 bits per heavy atom. The minimum atomic E-state index is -0.293. The third kappa shape index (κ3) is 4.85. The van der Waals surface area contributed by atoms with Gasteiger partial charge in [0.1, 0.15) is 5.82 Å². The van der Waals surface area contributed by atoms with Gasteiger partial charge in [-0.2, -0.15) is 0 Å². The molecule has 0 aliphatic rings. The smallest absolute Gasteiger partial charge is 0.315 e. The number of urea groups is 1. The zero-order valence-electron chi connectivity index (χ0n) is 10.5. The van der Waals surface area contributed by atoms with Gasteiger partial charge in [0.25, 0.3) is 0 Å². The number of benzene rings is 1. The quantitative estimate of drug-likeness (QED) is 0.832. The molecule has 2 N–H and O–H groups in total. The Morgan fingerprint density at radius 1 is 1.35 bits per heavy atom. The maximum absolute atomic E-state index is 13.0. The molecule has 1 aromatic carbocycles.